The summed E-state index contributed by atoms with van der Waals surface area (Å²) in [7, 11) is 0. The van der Waals surface area contributed by atoms with Gasteiger partial charge in [0, 0.05) is 5.88 Å². The molecule has 0 saturated heterocycles. The molecule has 0 amide bonds. The third-order valence-electron chi connectivity index (χ3n) is 2.30. The Labute approximate surface area is 128 Å². The van der Waals surface area contributed by atoms with E-state index in [-0.39, 0.29) is 6.10 Å². The number of ether oxygens (including phenoxy) is 3. The average Bonchev–Trinajstić information content (AvgIpc) is 2.36. The number of alkyl halides is 1. The molecule has 0 aliphatic carbocycles. The zero-order valence-corrected chi connectivity index (χ0v) is 13.9. The van der Waals surface area contributed by atoms with E-state index < -0.39 is 0 Å². The lowest BCUT2D eigenvalue weighted by molar-refractivity contribution is 0.0544. The standard InChI is InChI=1S/C14H20BrClO3/c1-4-17-13-8-11(9-16)7-12(15)14(13)19-6-5-18-10(2)3/h7-8,10H,4-6,9H2,1-3H3. The van der Waals surface area contributed by atoms with Crippen molar-refractivity contribution >= 4 is 27.5 Å². The molecule has 0 fully saturated rings. The van der Waals surface area contributed by atoms with Gasteiger partial charge in [-0.1, -0.05) is 0 Å². The molecule has 0 bridgehead atoms. The van der Waals surface area contributed by atoms with E-state index in [1.165, 1.54) is 0 Å². The molecule has 0 N–H and O–H groups in total. The first-order valence-corrected chi connectivity index (χ1v) is 7.66. The maximum absolute atomic E-state index is 5.85. The molecule has 0 aliphatic heterocycles. The number of halogens is 2. The van der Waals surface area contributed by atoms with Crippen LogP contribution in [0.2, 0.25) is 0 Å². The zero-order chi connectivity index (χ0) is 14.3. The SMILES string of the molecule is CCOc1cc(CCl)cc(Br)c1OCCOC(C)C. The van der Waals surface area contributed by atoms with E-state index in [9.17, 15) is 0 Å². The monoisotopic (exact) mass is 350 g/mol. The van der Waals surface area contributed by atoms with Crippen molar-refractivity contribution in [1.29, 1.82) is 0 Å². The van der Waals surface area contributed by atoms with E-state index in [0.29, 0.717) is 37.2 Å². The van der Waals surface area contributed by atoms with Crippen LogP contribution >= 0.6 is 27.5 Å². The highest BCUT2D eigenvalue weighted by atomic mass is 79.9. The maximum Gasteiger partial charge on any atom is 0.175 e. The molecule has 5 heteroatoms. The fourth-order valence-corrected chi connectivity index (χ4v) is 2.29. The smallest absolute Gasteiger partial charge is 0.175 e. The van der Waals surface area contributed by atoms with Gasteiger partial charge in [0.15, 0.2) is 11.5 Å². The van der Waals surface area contributed by atoms with Crippen molar-refractivity contribution in [1.82, 2.24) is 0 Å². The minimum Gasteiger partial charge on any atom is -0.490 e. The van der Waals surface area contributed by atoms with E-state index in [2.05, 4.69) is 15.9 Å². The molecule has 0 saturated carbocycles. The van der Waals surface area contributed by atoms with Gasteiger partial charge in [-0.25, -0.2) is 0 Å². The highest BCUT2D eigenvalue weighted by molar-refractivity contribution is 9.10. The molecule has 0 unspecified atom stereocenters. The van der Waals surface area contributed by atoms with Crippen molar-refractivity contribution in [2.24, 2.45) is 0 Å². The van der Waals surface area contributed by atoms with E-state index in [1.54, 1.807) is 0 Å². The van der Waals surface area contributed by atoms with Crippen LogP contribution in [-0.4, -0.2) is 25.9 Å². The van der Waals surface area contributed by atoms with Crippen molar-refractivity contribution < 1.29 is 14.2 Å². The van der Waals surface area contributed by atoms with Crippen molar-refractivity contribution in [3.8, 4) is 11.5 Å². The fraction of sp³-hybridized carbons (Fsp3) is 0.571. The summed E-state index contributed by atoms with van der Waals surface area (Å²) in [5.41, 5.74) is 0.989. The lowest BCUT2D eigenvalue weighted by atomic mass is 10.2. The lowest BCUT2D eigenvalue weighted by Crippen LogP contribution is -2.12. The molecule has 0 heterocycles. The topological polar surface area (TPSA) is 27.7 Å². The van der Waals surface area contributed by atoms with Crippen LogP contribution in [0.4, 0.5) is 0 Å². The first kappa shape index (κ1) is 16.6. The van der Waals surface area contributed by atoms with Gasteiger partial charge in [0.2, 0.25) is 0 Å². The van der Waals surface area contributed by atoms with Gasteiger partial charge in [0.05, 0.1) is 23.8 Å². The number of benzene rings is 1. The minimum absolute atomic E-state index is 0.206. The summed E-state index contributed by atoms with van der Waals surface area (Å²) in [6, 6.07) is 3.84. The predicted molar refractivity (Wildman–Crippen MR) is 81.5 cm³/mol. The second-order valence-corrected chi connectivity index (χ2v) is 5.36. The van der Waals surface area contributed by atoms with Gasteiger partial charge in [-0.15, -0.1) is 11.6 Å². The Hall–Kier alpha value is -0.450. The van der Waals surface area contributed by atoms with Crippen molar-refractivity contribution in [3.63, 3.8) is 0 Å². The van der Waals surface area contributed by atoms with Gasteiger partial charge < -0.3 is 14.2 Å². The van der Waals surface area contributed by atoms with E-state index in [0.717, 1.165) is 10.0 Å². The Morgan fingerprint density at radius 3 is 2.53 bits per heavy atom. The molecule has 19 heavy (non-hydrogen) atoms. The summed E-state index contributed by atoms with van der Waals surface area (Å²) in [6.45, 7) is 7.54. The van der Waals surface area contributed by atoms with E-state index >= 15 is 0 Å². The van der Waals surface area contributed by atoms with Crippen LogP contribution in [0.25, 0.3) is 0 Å². The summed E-state index contributed by atoms with van der Waals surface area (Å²) < 4.78 is 17.6. The fourth-order valence-electron chi connectivity index (χ4n) is 1.53. The summed E-state index contributed by atoms with van der Waals surface area (Å²) in [6.07, 6.45) is 0.206. The van der Waals surface area contributed by atoms with E-state index in [4.69, 9.17) is 25.8 Å². The molecule has 108 valence electrons. The quantitative estimate of drug-likeness (QED) is 0.513. The molecule has 1 aromatic carbocycles. The molecule has 1 rings (SSSR count). The molecular formula is C14H20BrClO3. The summed E-state index contributed by atoms with van der Waals surface area (Å²) in [4.78, 5) is 0. The summed E-state index contributed by atoms with van der Waals surface area (Å²) in [5.74, 6) is 1.84. The first-order chi connectivity index (χ1) is 9.08. The van der Waals surface area contributed by atoms with Crippen LogP contribution in [0.1, 0.15) is 26.3 Å². The van der Waals surface area contributed by atoms with Crippen LogP contribution in [0.15, 0.2) is 16.6 Å². The Bertz CT molecular complexity index is 397. The lowest BCUT2D eigenvalue weighted by Gasteiger charge is -2.15. The molecule has 0 aliphatic rings. The first-order valence-electron chi connectivity index (χ1n) is 6.34. The van der Waals surface area contributed by atoms with Crippen LogP contribution in [0.3, 0.4) is 0 Å². The molecule has 1 aromatic rings. The second kappa shape index (κ2) is 8.67. The number of hydrogen-bond donors (Lipinski definition) is 0. The molecule has 0 atom stereocenters. The second-order valence-electron chi connectivity index (χ2n) is 4.24. The average molecular weight is 352 g/mol. The third-order valence-corrected chi connectivity index (χ3v) is 3.20. The van der Waals surface area contributed by atoms with Crippen LogP contribution in [0, 0.1) is 0 Å². The van der Waals surface area contributed by atoms with Crippen molar-refractivity contribution in [2.75, 3.05) is 19.8 Å². The van der Waals surface area contributed by atoms with E-state index in [1.807, 2.05) is 32.9 Å². The molecule has 0 aromatic heterocycles. The zero-order valence-electron chi connectivity index (χ0n) is 11.5. The third kappa shape index (κ3) is 5.59. The van der Waals surface area contributed by atoms with Gasteiger partial charge >= 0.3 is 0 Å². The van der Waals surface area contributed by atoms with Crippen LogP contribution < -0.4 is 9.47 Å². The number of rotatable bonds is 8. The van der Waals surface area contributed by atoms with Gasteiger partial charge in [-0.2, -0.15) is 0 Å². The Morgan fingerprint density at radius 1 is 1.21 bits per heavy atom. The summed E-state index contributed by atoms with van der Waals surface area (Å²) >= 11 is 9.33. The Kier molecular flexibility index (Phi) is 7.57. The van der Waals surface area contributed by atoms with Gasteiger partial charge in [-0.3, -0.25) is 0 Å². The van der Waals surface area contributed by atoms with Crippen molar-refractivity contribution in [3.05, 3.63) is 22.2 Å². The normalized spacial score (nSPS) is 10.8. The molecule has 3 nitrogen and oxygen atoms in total. The maximum atomic E-state index is 5.85. The number of hydrogen-bond acceptors (Lipinski definition) is 3. The Balaban J connectivity index is 2.74. The highest BCUT2D eigenvalue weighted by Crippen LogP contribution is 2.37. The molecular weight excluding hydrogens is 332 g/mol. The largest absolute Gasteiger partial charge is 0.490 e. The van der Waals surface area contributed by atoms with Gasteiger partial charge in [0.1, 0.15) is 6.61 Å². The van der Waals surface area contributed by atoms with Gasteiger partial charge in [0.25, 0.3) is 0 Å². The minimum atomic E-state index is 0.206. The molecule has 0 spiro atoms. The molecule has 0 radical (unpaired) electrons. The van der Waals surface area contributed by atoms with Crippen LogP contribution in [0.5, 0.6) is 11.5 Å². The van der Waals surface area contributed by atoms with Crippen LogP contribution in [-0.2, 0) is 10.6 Å². The van der Waals surface area contributed by atoms with Gasteiger partial charge in [-0.05, 0) is 54.4 Å². The summed E-state index contributed by atoms with van der Waals surface area (Å²) in [5, 5.41) is 0. The predicted octanol–water partition coefficient (Wildman–Crippen LogP) is 4.39. The Morgan fingerprint density at radius 2 is 1.95 bits per heavy atom. The van der Waals surface area contributed by atoms with Crippen molar-refractivity contribution in [2.45, 2.75) is 32.8 Å². The highest BCUT2D eigenvalue weighted by Gasteiger charge is 2.12.